The van der Waals surface area contributed by atoms with Gasteiger partial charge in [-0.2, -0.15) is 0 Å². The Kier molecular flexibility index (Phi) is 4.21. The maximum absolute atomic E-state index is 14.0. The van der Waals surface area contributed by atoms with E-state index in [2.05, 4.69) is 9.88 Å². The Morgan fingerprint density at radius 2 is 1.96 bits per heavy atom. The van der Waals surface area contributed by atoms with E-state index in [0.29, 0.717) is 13.0 Å². The van der Waals surface area contributed by atoms with E-state index in [-0.39, 0.29) is 30.1 Å². The molecule has 2 saturated heterocycles. The van der Waals surface area contributed by atoms with Gasteiger partial charge in [0.25, 0.3) is 0 Å². The van der Waals surface area contributed by atoms with Crippen LogP contribution in [0.25, 0.3) is 0 Å². The van der Waals surface area contributed by atoms with Crippen LogP contribution in [0.5, 0.6) is 0 Å². The molecule has 0 bridgehead atoms. The Bertz CT molecular complexity index is 783. The van der Waals surface area contributed by atoms with Crippen LogP contribution in [0.15, 0.2) is 42.6 Å². The lowest BCUT2D eigenvalue weighted by molar-refractivity contribution is -0.129. The van der Waals surface area contributed by atoms with E-state index in [1.165, 1.54) is 6.07 Å². The number of amides is 1. The first kappa shape index (κ1) is 16.1. The number of carbonyl (C=O) groups is 1. The molecule has 1 amide bonds. The highest BCUT2D eigenvalue weighted by atomic mass is 19.2. The van der Waals surface area contributed by atoms with Crippen LogP contribution in [0.3, 0.4) is 0 Å². The van der Waals surface area contributed by atoms with Crippen molar-refractivity contribution in [3.63, 3.8) is 0 Å². The summed E-state index contributed by atoms with van der Waals surface area (Å²) >= 11 is 0. The second-order valence-corrected chi connectivity index (χ2v) is 6.65. The van der Waals surface area contributed by atoms with E-state index in [4.69, 9.17) is 0 Å². The van der Waals surface area contributed by atoms with E-state index in [1.807, 2.05) is 18.2 Å². The van der Waals surface area contributed by atoms with Gasteiger partial charge in [0, 0.05) is 49.9 Å². The van der Waals surface area contributed by atoms with Gasteiger partial charge < -0.3 is 4.90 Å². The van der Waals surface area contributed by atoms with Crippen molar-refractivity contribution in [2.75, 3.05) is 6.54 Å². The van der Waals surface area contributed by atoms with Gasteiger partial charge in [0.2, 0.25) is 5.91 Å². The zero-order valence-electron chi connectivity index (χ0n) is 13.7. The van der Waals surface area contributed by atoms with E-state index < -0.39 is 11.6 Å². The summed E-state index contributed by atoms with van der Waals surface area (Å²) < 4.78 is 27.4. The minimum Gasteiger partial charge on any atom is -0.334 e. The number of aromatic nitrogens is 1. The Hall–Kier alpha value is -2.34. The second kappa shape index (κ2) is 6.52. The number of carbonyl (C=O) groups excluding carboxylic acids is 1. The predicted octanol–water partition coefficient (Wildman–Crippen LogP) is 2.74. The molecule has 25 heavy (non-hydrogen) atoms. The summed E-state index contributed by atoms with van der Waals surface area (Å²) in [7, 11) is 0. The average molecular weight is 343 g/mol. The Morgan fingerprint density at radius 1 is 1.08 bits per heavy atom. The fourth-order valence-corrected chi connectivity index (χ4v) is 3.97. The molecule has 130 valence electrons. The molecule has 4 nitrogen and oxygen atoms in total. The standard InChI is InChI=1S/C19H19F2N3O/c20-15-6-3-4-13(19(15)21)11-24-16-7-9-23(17(16)10-18(24)25)12-14-5-1-2-8-22-14/h1-6,8,16-17H,7,9-12H2/t16-,17-/m0/s1. The number of benzene rings is 1. The van der Waals surface area contributed by atoms with Gasteiger partial charge in [-0.05, 0) is 24.6 Å². The van der Waals surface area contributed by atoms with Gasteiger partial charge in [-0.15, -0.1) is 0 Å². The minimum absolute atomic E-state index is 0.00406. The van der Waals surface area contributed by atoms with Gasteiger partial charge in [0.1, 0.15) is 0 Å². The molecular formula is C19H19F2N3O. The molecule has 2 atom stereocenters. The first-order valence-electron chi connectivity index (χ1n) is 8.50. The van der Waals surface area contributed by atoms with Crippen LogP contribution in [0.4, 0.5) is 8.78 Å². The van der Waals surface area contributed by atoms with Crippen molar-refractivity contribution in [1.82, 2.24) is 14.8 Å². The third kappa shape index (κ3) is 3.02. The largest absolute Gasteiger partial charge is 0.334 e. The van der Waals surface area contributed by atoms with Crippen molar-refractivity contribution in [3.05, 3.63) is 65.5 Å². The van der Waals surface area contributed by atoms with Crippen molar-refractivity contribution in [3.8, 4) is 0 Å². The highest BCUT2D eigenvalue weighted by Crippen LogP contribution is 2.34. The maximum atomic E-state index is 14.0. The topological polar surface area (TPSA) is 36.4 Å². The van der Waals surface area contributed by atoms with E-state index in [0.717, 1.165) is 24.7 Å². The molecule has 1 aromatic heterocycles. The molecule has 3 heterocycles. The first-order chi connectivity index (χ1) is 12.1. The monoisotopic (exact) mass is 343 g/mol. The van der Waals surface area contributed by atoms with E-state index in [1.54, 1.807) is 17.2 Å². The summed E-state index contributed by atoms with van der Waals surface area (Å²) in [5.41, 5.74) is 1.21. The lowest BCUT2D eigenvalue weighted by atomic mass is 10.1. The number of rotatable bonds is 4. The predicted molar refractivity (Wildman–Crippen MR) is 88.4 cm³/mol. The molecule has 2 aromatic rings. The highest BCUT2D eigenvalue weighted by Gasteiger charge is 2.46. The van der Waals surface area contributed by atoms with Crippen LogP contribution >= 0.6 is 0 Å². The summed E-state index contributed by atoms with van der Waals surface area (Å²) in [6.45, 7) is 1.71. The van der Waals surface area contributed by atoms with Gasteiger partial charge in [-0.1, -0.05) is 18.2 Å². The van der Waals surface area contributed by atoms with E-state index >= 15 is 0 Å². The zero-order chi connectivity index (χ0) is 17.4. The summed E-state index contributed by atoms with van der Waals surface area (Å²) in [5, 5.41) is 0. The number of likely N-dealkylation sites (tertiary alicyclic amines) is 2. The van der Waals surface area contributed by atoms with Crippen LogP contribution < -0.4 is 0 Å². The van der Waals surface area contributed by atoms with Gasteiger partial charge in [0.15, 0.2) is 11.6 Å². The molecule has 2 aliphatic rings. The third-order valence-corrected chi connectivity index (χ3v) is 5.19. The van der Waals surface area contributed by atoms with Crippen molar-refractivity contribution in [2.45, 2.75) is 38.0 Å². The number of pyridine rings is 1. The van der Waals surface area contributed by atoms with Crippen LogP contribution in [0.1, 0.15) is 24.1 Å². The Balaban J connectivity index is 1.49. The van der Waals surface area contributed by atoms with E-state index in [9.17, 15) is 13.6 Å². The molecule has 0 aliphatic carbocycles. The molecule has 2 aliphatic heterocycles. The Morgan fingerprint density at radius 3 is 2.76 bits per heavy atom. The van der Waals surface area contributed by atoms with Crippen molar-refractivity contribution < 1.29 is 13.6 Å². The summed E-state index contributed by atoms with van der Waals surface area (Å²) in [6, 6.07) is 10.1. The average Bonchev–Trinajstić information content (AvgIpc) is 3.13. The molecular weight excluding hydrogens is 324 g/mol. The zero-order valence-corrected chi connectivity index (χ0v) is 13.7. The number of hydrogen-bond donors (Lipinski definition) is 0. The fraction of sp³-hybridized carbons (Fsp3) is 0.368. The molecule has 4 rings (SSSR count). The van der Waals surface area contributed by atoms with Crippen molar-refractivity contribution in [2.24, 2.45) is 0 Å². The molecule has 6 heteroatoms. The maximum Gasteiger partial charge on any atom is 0.224 e. The number of hydrogen-bond acceptors (Lipinski definition) is 3. The number of nitrogens with zero attached hydrogens (tertiary/aromatic N) is 3. The summed E-state index contributed by atoms with van der Waals surface area (Å²) in [6.07, 6.45) is 3.04. The van der Waals surface area contributed by atoms with Crippen LogP contribution in [-0.2, 0) is 17.9 Å². The molecule has 0 unspecified atom stereocenters. The van der Waals surface area contributed by atoms with Gasteiger partial charge >= 0.3 is 0 Å². The quantitative estimate of drug-likeness (QED) is 0.856. The summed E-state index contributed by atoms with van der Waals surface area (Å²) in [4.78, 5) is 20.8. The summed E-state index contributed by atoms with van der Waals surface area (Å²) in [5.74, 6) is -1.73. The van der Waals surface area contributed by atoms with Crippen molar-refractivity contribution in [1.29, 1.82) is 0 Å². The molecule has 0 saturated carbocycles. The molecule has 0 N–H and O–H groups in total. The van der Waals surface area contributed by atoms with Gasteiger partial charge in [0.05, 0.1) is 5.69 Å². The molecule has 0 radical (unpaired) electrons. The lowest BCUT2D eigenvalue weighted by Gasteiger charge is -2.25. The lowest BCUT2D eigenvalue weighted by Crippen LogP contribution is -2.37. The third-order valence-electron chi connectivity index (χ3n) is 5.19. The van der Waals surface area contributed by atoms with Crippen LogP contribution in [0.2, 0.25) is 0 Å². The second-order valence-electron chi connectivity index (χ2n) is 6.65. The first-order valence-corrected chi connectivity index (χ1v) is 8.50. The number of fused-ring (bicyclic) bond motifs is 1. The number of halogens is 2. The normalized spacial score (nSPS) is 23.3. The molecule has 1 aromatic carbocycles. The SMILES string of the molecule is O=C1C[C@H]2[C@H](CCN2Cc2ccccn2)N1Cc1cccc(F)c1F. The van der Waals surface area contributed by atoms with Gasteiger partial charge in [-0.3, -0.25) is 14.7 Å². The minimum atomic E-state index is -0.871. The smallest absolute Gasteiger partial charge is 0.224 e. The fourth-order valence-electron chi connectivity index (χ4n) is 3.97. The molecule has 2 fully saturated rings. The van der Waals surface area contributed by atoms with Gasteiger partial charge in [-0.25, -0.2) is 8.78 Å². The highest BCUT2D eigenvalue weighted by molar-refractivity contribution is 5.80. The molecule has 0 spiro atoms. The van der Waals surface area contributed by atoms with Crippen molar-refractivity contribution >= 4 is 5.91 Å². The van der Waals surface area contributed by atoms with Crippen LogP contribution in [-0.4, -0.2) is 39.3 Å². The Labute approximate surface area is 145 Å². The van der Waals surface area contributed by atoms with Crippen LogP contribution in [0, 0.1) is 11.6 Å².